The van der Waals surface area contributed by atoms with Crippen molar-refractivity contribution in [2.75, 3.05) is 32.7 Å². The lowest BCUT2D eigenvalue weighted by Gasteiger charge is -2.36. The highest BCUT2D eigenvalue weighted by atomic mass is 79.9. The first-order valence-corrected chi connectivity index (χ1v) is 7.71. The van der Waals surface area contributed by atoms with Crippen molar-refractivity contribution in [2.24, 2.45) is 5.16 Å². The molecule has 0 aromatic rings. The Morgan fingerprint density at radius 1 is 1.40 bits per heavy atom. The van der Waals surface area contributed by atoms with Crippen molar-refractivity contribution in [3.63, 3.8) is 0 Å². The first-order chi connectivity index (χ1) is 9.33. The second-order valence-electron chi connectivity index (χ2n) is 6.17. The number of piperazine rings is 1. The van der Waals surface area contributed by atoms with E-state index >= 15 is 0 Å². The molecular formula is C13H22BrN3O3. The minimum absolute atomic E-state index is 0.123. The molecule has 1 saturated heterocycles. The summed E-state index contributed by atoms with van der Waals surface area (Å²) in [5, 5.41) is 3.89. The fourth-order valence-electron chi connectivity index (χ4n) is 2.22. The van der Waals surface area contributed by atoms with Crippen molar-refractivity contribution in [1.82, 2.24) is 9.80 Å². The Morgan fingerprint density at radius 3 is 2.55 bits per heavy atom. The topological polar surface area (TPSA) is 54.4 Å². The predicted molar refractivity (Wildman–Crippen MR) is 80.1 cm³/mol. The average Bonchev–Trinajstić information content (AvgIpc) is 2.73. The molecule has 0 aromatic heterocycles. The van der Waals surface area contributed by atoms with Crippen LogP contribution in [0, 0.1) is 0 Å². The molecule has 0 N–H and O–H groups in total. The van der Waals surface area contributed by atoms with Gasteiger partial charge in [-0.2, -0.15) is 0 Å². The Kier molecular flexibility index (Phi) is 4.90. The third kappa shape index (κ3) is 4.63. The Labute approximate surface area is 128 Å². The van der Waals surface area contributed by atoms with Crippen LogP contribution in [0.25, 0.3) is 0 Å². The summed E-state index contributed by atoms with van der Waals surface area (Å²) in [6.07, 6.45) is 0.726. The second-order valence-corrected chi connectivity index (χ2v) is 7.08. The summed E-state index contributed by atoms with van der Waals surface area (Å²) in [5.74, 6) is 0. The molecule has 1 atom stereocenters. The van der Waals surface area contributed by atoms with Gasteiger partial charge < -0.3 is 14.5 Å². The van der Waals surface area contributed by atoms with E-state index in [1.54, 1.807) is 4.90 Å². The van der Waals surface area contributed by atoms with Gasteiger partial charge in [-0.25, -0.2) is 4.79 Å². The number of hydrogen-bond donors (Lipinski definition) is 0. The highest BCUT2D eigenvalue weighted by Gasteiger charge is 2.28. The van der Waals surface area contributed by atoms with E-state index < -0.39 is 5.60 Å². The molecule has 0 radical (unpaired) electrons. The first-order valence-electron chi connectivity index (χ1n) is 6.92. The number of ether oxygens (including phenoxy) is 1. The molecule has 6 nitrogen and oxygen atoms in total. The van der Waals surface area contributed by atoms with Crippen molar-refractivity contribution in [1.29, 1.82) is 0 Å². The number of halogens is 1. The average molecular weight is 348 g/mol. The maximum atomic E-state index is 11.9. The maximum Gasteiger partial charge on any atom is 0.410 e. The van der Waals surface area contributed by atoms with Crippen LogP contribution < -0.4 is 0 Å². The Hall–Kier alpha value is -0.820. The van der Waals surface area contributed by atoms with Gasteiger partial charge in [0.2, 0.25) is 0 Å². The lowest BCUT2D eigenvalue weighted by molar-refractivity contribution is 0.00519. The van der Waals surface area contributed by atoms with Crippen LogP contribution in [0.3, 0.4) is 0 Å². The minimum atomic E-state index is -0.435. The van der Waals surface area contributed by atoms with Crippen LogP contribution in [-0.2, 0) is 9.57 Å². The van der Waals surface area contributed by atoms with Gasteiger partial charge in [-0.3, -0.25) is 4.90 Å². The molecule has 0 aliphatic carbocycles. The molecule has 1 fully saturated rings. The van der Waals surface area contributed by atoms with E-state index in [4.69, 9.17) is 9.57 Å². The van der Waals surface area contributed by atoms with E-state index in [1.807, 2.05) is 20.8 Å². The molecule has 20 heavy (non-hydrogen) atoms. The minimum Gasteiger partial charge on any atom is -0.444 e. The quantitative estimate of drug-likeness (QED) is 0.766. The SMILES string of the molecule is CC(C)(C)OC(=O)N1CCN(C[C@@H]2CC(Br)=NO2)CC1. The molecule has 2 heterocycles. The van der Waals surface area contributed by atoms with Gasteiger partial charge in [-0.15, -0.1) is 0 Å². The molecule has 1 amide bonds. The maximum absolute atomic E-state index is 11.9. The highest BCUT2D eigenvalue weighted by molar-refractivity contribution is 9.18. The second kappa shape index (κ2) is 6.30. The van der Waals surface area contributed by atoms with Crippen LogP contribution in [-0.4, -0.2) is 64.9 Å². The lowest BCUT2D eigenvalue weighted by atomic mass is 10.2. The van der Waals surface area contributed by atoms with Gasteiger partial charge in [-0.05, 0) is 36.7 Å². The predicted octanol–water partition coefficient (Wildman–Crippen LogP) is 2.04. The summed E-state index contributed by atoms with van der Waals surface area (Å²) in [6.45, 7) is 9.59. The zero-order valence-electron chi connectivity index (χ0n) is 12.3. The van der Waals surface area contributed by atoms with Crippen molar-refractivity contribution in [3.05, 3.63) is 0 Å². The number of oxime groups is 1. The fourth-order valence-corrected chi connectivity index (χ4v) is 2.66. The van der Waals surface area contributed by atoms with E-state index in [0.717, 1.165) is 30.7 Å². The Morgan fingerprint density at radius 2 is 2.05 bits per heavy atom. The molecule has 0 unspecified atom stereocenters. The van der Waals surface area contributed by atoms with Crippen molar-refractivity contribution in [3.8, 4) is 0 Å². The molecule has 0 spiro atoms. The summed E-state index contributed by atoms with van der Waals surface area (Å²) in [7, 11) is 0. The smallest absolute Gasteiger partial charge is 0.410 e. The Bertz CT molecular complexity index is 387. The largest absolute Gasteiger partial charge is 0.444 e. The van der Waals surface area contributed by atoms with Crippen molar-refractivity contribution < 1.29 is 14.4 Å². The summed E-state index contributed by atoms with van der Waals surface area (Å²) < 4.78 is 6.25. The van der Waals surface area contributed by atoms with Gasteiger partial charge >= 0.3 is 6.09 Å². The monoisotopic (exact) mass is 347 g/mol. The van der Waals surface area contributed by atoms with E-state index in [1.165, 1.54) is 0 Å². The molecule has 2 aliphatic rings. The third-order valence-electron chi connectivity index (χ3n) is 3.18. The van der Waals surface area contributed by atoms with Crippen LogP contribution in [0.1, 0.15) is 27.2 Å². The zero-order chi connectivity index (χ0) is 14.8. The highest BCUT2D eigenvalue weighted by Crippen LogP contribution is 2.17. The van der Waals surface area contributed by atoms with Crippen molar-refractivity contribution in [2.45, 2.75) is 38.9 Å². The molecule has 7 heteroatoms. The Balaban J connectivity index is 1.71. The van der Waals surface area contributed by atoms with Crippen LogP contribution in [0.2, 0.25) is 0 Å². The first kappa shape index (κ1) is 15.6. The van der Waals surface area contributed by atoms with E-state index in [0.29, 0.717) is 13.1 Å². The molecule has 114 valence electrons. The van der Waals surface area contributed by atoms with Crippen molar-refractivity contribution >= 4 is 26.6 Å². The number of carbonyl (C=O) groups is 1. The lowest BCUT2D eigenvalue weighted by Crippen LogP contribution is -2.51. The normalized spacial score (nSPS) is 24.3. The molecule has 2 rings (SSSR count). The van der Waals surface area contributed by atoms with Crippen LogP contribution in [0.5, 0.6) is 0 Å². The van der Waals surface area contributed by atoms with Gasteiger partial charge in [0.05, 0.1) is 0 Å². The summed E-state index contributed by atoms with van der Waals surface area (Å²) in [6, 6.07) is 0. The van der Waals surface area contributed by atoms with E-state index in [9.17, 15) is 4.79 Å². The van der Waals surface area contributed by atoms with E-state index in [2.05, 4.69) is 26.0 Å². The molecule has 0 saturated carbocycles. The molecule has 0 aromatic carbocycles. The summed E-state index contributed by atoms with van der Waals surface area (Å²) >= 11 is 3.34. The van der Waals surface area contributed by atoms with Gasteiger partial charge in [0.15, 0.2) is 0 Å². The molecular weight excluding hydrogens is 326 g/mol. The van der Waals surface area contributed by atoms with Crippen LogP contribution >= 0.6 is 15.9 Å². The number of rotatable bonds is 2. The van der Waals surface area contributed by atoms with Gasteiger partial charge in [-0.1, -0.05) is 5.16 Å². The number of carbonyl (C=O) groups excluding carboxylic acids is 1. The number of hydrogen-bond acceptors (Lipinski definition) is 5. The summed E-state index contributed by atoms with van der Waals surface area (Å²) in [5.41, 5.74) is -0.435. The van der Waals surface area contributed by atoms with Crippen LogP contribution in [0.15, 0.2) is 5.16 Å². The van der Waals surface area contributed by atoms with Crippen LogP contribution in [0.4, 0.5) is 4.79 Å². The standard InChI is InChI=1S/C13H22BrN3O3/c1-13(2,3)19-12(18)17-6-4-16(5-7-17)9-10-8-11(14)15-20-10/h10H,4-9H2,1-3H3/t10-/m0/s1. The molecule has 0 bridgehead atoms. The van der Waals surface area contributed by atoms with Gasteiger partial charge in [0, 0.05) is 39.1 Å². The number of amides is 1. The molecule has 2 aliphatic heterocycles. The fraction of sp³-hybridized carbons (Fsp3) is 0.846. The third-order valence-corrected chi connectivity index (χ3v) is 3.65. The van der Waals surface area contributed by atoms with E-state index in [-0.39, 0.29) is 12.2 Å². The summed E-state index contributed by atoms with van der Waals surface area (Å²) in [4.78, 5) is 21.3. The zero-order valence-corrected chi connectivity index (χ0v) is 13.9. The number of nitrogens with zero attached hydrogens (tertiary/aromatic N) is 3. The van der Waals surface area contributed by atoms with Gasteiger partial charge in [0.25, 0.3) is 0 Å². The van der Waals surface area contributed by atoms with Gasteiger partial charge in [0.1, 0.15) is 16.3 Å².